The molecule has 0 fully saturated rings. The van der Waals surface area contributed by atoms with Crippen LogP contribution in [0.5, 0.6) is 0 Å². The SMILES string of the molecule is c1ccc(-c2ccc(N(c3ccccc3)c3cc(-n4c5ccccc5c5ccc6ccccc6c54)cc4ccccc34)cc2)cc1. The Labute approximate surface area is 268 Å². The Hall–Kier alpha value is -6.12. The number of benzene rings is 8. The van der Waals surface area contributed by atoms with E-state index in [0.717, 1.165) is 22.7 Å². The molecule has 0 aliphatic heterocycles. The van der Waals surface area contributed by atoms with Gasteiger partial charge in [-0.2, -0.15) is 0 Å². The molecular weight excluding hydrogens is 556 g/mol. The average molecular weight is 587 g/mol. The van der Waals surface area contributed by atoms with Crippen LogP contribution in [0, 0.1) is 0 Å². The first-order valence-electron chi connectivity index (χ1n) is 15.8. The molecule has 0 atom stereocenters. The molecule has 0 radical (unpaired) electrons. The van der Waals surface area contributed by atoms with Crippen molar-refractivity contribution in [3.63, 3.8) is 0 Å². The summed E-state index contributed by atoms with van der Waals surface area (Å²) in [5, 5.41) is 7.41. The minimum atomic E-state index is 1.11. The molecule has 0 aliphatic rings. The van der Waals surface area contributed by atoms with Crippen molar-refractivity contribution in [2.45, 2.75) is 0 Å². The van der Waals surface area contributed by atoms with Crippen molar-refractivity contribution in [1.29, 1.82) is 0 Å². The average Bonchev–Trinajstić information content (AvgIpc) is 3.48. The van der Waals surface area contributed by atoms with Crippen molar-refractivity contribution >= 4 is 60.4 Å². The summed E-state index contributed by atoms with van der Waals surface area (Å²) >= 11 is 0. The molecule has 2 heteroatoms. The molecule has 8 aromatic carbocycles. The summed E-state index contributed by atoms with van der Waals surface area (Å²) in [5.41, 5.74) is 9.36. The van der Waals surface area contributed by atoms with Gasteiger partial charge in [-0.1, -0.05) is 140 Å². The lowest BCUT2D eigenvalue weighted by molar-refractivity contribution is 1.18. The normalized spacial score (nSPS) is 11.5. The van der Waals surface area contributed by atoms with Gasteiger partial charge in [-0.25, -0.2) is 0 Å². The molecule has 2 nitrogen and oxygen atoms in total. The van der Waals surface area contributed by atoms with Gasteiger partial charge >= 0.3 is 0 Å². The molecule has 216 valence electrons. The van der Waals surface area contributed by atoms with Gasteiger partial charge in [0.15, 0.2) is 0 Å². The van der Waals surface area contributed by atoms with E-state index in [0.29, 0.717) is 0 Å². The van der Waals surface area contributed by atoms with E-state index >= 15 is 0 Å². The highest BCUT2D eigenvalue weighted by Gasteiger charge is 2.20. The fourth-order valence-corrected chi connectivity index (χ4v) is 7.03. The molecular formula is C44H30N2. The van der Waals surface area contributed by atoms with E-state index < -0.39 is 0 Å². The van der Waals surface area contributed by atoms with E-state index in [9.17, 15) is 0 Å². The summed E-state index contributed by atoms with van der Waals surface area (Å²) < 4.78 is 2.46. The fraction of sp³-hybridized carbons (Fsp3) is 0. The summed E-state index contributed by atoms with van der Waals surface area (Å²) in [6, 6.07) is 65.7. The van der Waals surface area contributed by atoms with Crippen molar-refractivity contribution in [3.05, 3.63) is 182 Å². The first-order chi connectivity index (χ1) is 22.8. The molecule has 0 aliphatic carbocycles. The van der Waals surface area contributed by atoms with Crippen molar-refractivity contribution in [2.75, 3.05) is 4.90 Å². The van der Waals surface area contributed by atoms with E-state index in [1.165, 1.54) is 54.5 Å². The number of fused-ring (bicyclic) bond motifs is 6. The minimum absolute atomic E-state index is 1.11. The predicted octanol–water partition coefficient (Wildman–Crippen LogP) is 12.2. The molecule has 0 unspecified atom stereocenters. The van der Waals surface area contributed by atoms with E-state index in [-0.39, 0.29) is 0 Å². The maximum atomic E-state index is 2.46. The fourth-order valence-electron chi connectivity index (χ4n) is 7.03. The lowest BCUT2D eigenvalue weighted by Gasteiger charge is -2.28. The van der Waals surface area contributed by atoms with Gasteiger partial charge in [0.1, 0.15) is 0 Å². The van der Waals surface area contributed by atoms with Crippen LogP contribution in [0.3, 0.4) is 0 Å². The van der Waals surface area contributed by atoms with Crippen molar-refractivity contribution in [1.82, 2.24) is 4.57 Å². The van der Waals surface area contributed by atoms with Gasteiger partial charge < -0.3 is 9.47 Å². The largest absolute Gasteiger partial charge is 0.310 e. The zero-order valence-corrected chi connectivity index (χ0v) is 25.2. The number of anilines is 3. The third kappa shape index (κ3) is 4.27. The van der Waals surface area contributed by atoms with Gasteiger partial charge in [0.2, 0.25) is 0 Å². The molecule has 46 heavy (non-hydrogen) atoms. The summed E-state index contributed by atoms with van der Waals surface area (Å²) in [5.74, 6) is 0. The Morgan fingerprint density at radius 3 is 1.74 bits per heavy atom. The maximum Gasteiger partial charge on any atom is 0.0619 e. The number of aromatic nitrogens is 1. The van der Waals surface area contributed by atoms with E-state index in [4.69, 9.17) is 0 Å². The predicted molar refractivity (Wildman–Crippen MR) is 196 cm³/mol. The van der Waals surface area contributed by atoms with Crippen LogP contribution in [0.4, 0.5) is 17.1 Å². The highest BCUT2D eigenvalue weighted by Crippen LogP contribution is 2.43. The van der Waals surface area contributed by atoms with Gasteiger partial charge in [0, 0.05) is 38.6 Å². The van der Waals surface area contributed by atoms with E-state index in [2.05, 4.69) is 191 Å². The Morgan fingerprint density at radius 1 is 0.370 bits per heavy atom. The standard InChI is InChI=1S/C44H30N2/c1-3-13-31(14-4-1)32-23-26-36(27-24-32)45(35-17-5-2-6-18-35)43-30-37(29-34-16-8-9-19-38(34)43)46-42-22-12-11-21-40(42)41-28-25-33-15-7-10-20-39(33)44(41)46/h1-30H. The smallest absolute Gasteiger partial charge is 0.0619 e. The maximum absolute atomic E-state index is 2.46. The summed E-state index contributed by atoms with van der Waals surface area (Å²) in [7, 11) is 0. The highest BCUT2D eigenvalue weighted by atomic mass is 15.1. The van der Waals surface area contributed by atoms with Crippen molar-refractivity contribution < 1.29 is 0 Å². The third-order valence-electron chi connectivity index (χ3n) is 9.13. The van der Waals surface area contributed by atoms with Crippen molar-refractivity contribution in [3.8, 4) is 16.8 Å². The van der Waals surface area contributed by atoms with Crippen LogP contribution in [0.25, 0.3) is 60.2 Å². The quantitative estimate of drug-likeness (QED) is 0.195. The summed E-state index contributed by atoms with van der Waals surface area (Å²) in [6.45, 7) is 0. The Morgan fingerprint density at radius 2 is 0.957 bits per heavy atom. The lowest BCUT2D eigenvalue weighted by Crippen LogP contribution is -2.11. The topological polar surface area (TPSA) is 8.17 Å². The molecule has 1 aromatic heterocycles. The van der Waals surface area contributed by atoms with Gasteiger partial charge in [-0.3, -0.25) is 0 Å². The van der Waals surface area contributed by atoms with Crippen LogP contribution in [0.2, 0.25) is 0 Å². The molecule has 0 spiro atoms. The molecule has 0 amide bonds. The van der Waals surface area contributed by atoms with Crippen LogP contribution >= 0.6 is 0 Å². The third-order valence-corrected chi connectivity index (χ3v) is 9.13. The van der Waals surface area contributed by atoms with Crippen LogP contribution in [-0.2, 0) is 0 Å². The van der Waals surface area contributed by atoms with Gasteiger partial charge in [0.25, 0.3) is 0 Å². The molecule has 9 aromatic rings. The number of rotatable bonds is 5. The number of para-hydroxylation sites is 2. The molecule has 0 bridgehead atoms. The van der Waals surface area contributed by atoms with Crippen LogP contribution in [0.15, 0.2) is 182 Å². The van der Waals surface area contributed by atoms with Crippen molar-refractivity contribution in [2.24, 2.45) is 0 Å². The monoisotopic (exact) mass is 586 g/mol. The Bertz CT molecular complexity index is 2510. The van der Waals surface area contributed by atoms with Crippen LogP contribution in [0.1, 0.15) is 0 Å². The molecule has 0 N–H and O–H groups in total. The van der Waals surface area contributed by atoms with Gasteiger partial charge in [0.05, 0.1) is 16.7 Å². The van der Waals surface area contributed by atoms with Gasteiger partial charge in [-0.15, -0.1) is 0 Å². The van der Waals surface area contributed by atoms with E-state index in [1.54, 1.807) is 0 Å². The molecule has 9 rings (SSSR count). The molecule has 0 saturated carbocycles. The van der Waals surface area contributed by atoms with Gasteiger partial charge in [-0.05, 0) is 64.4 Å². The Kier molecular flexibility index (Phi) is 6.17. The summed E-state index contributed by atoms with van der Waals surface area (Å²) in [6.07, 6.45) is 0. The number of hydrogen-bond acceptors (Lipinski definition) is 1. The Balaban J connectivity index is 1.34. The second kappa shape index (κ2) is 10.8. The zero-order chi connectivity index (χ0) is 30.5. The second-order valence-electron chi connectivity index (χ2n) is 11.8. The van der Waals surface area contributed by atoms with Crippen LogP contribution in [-0.4, -0.2) is 4.57 Å². The lowest BCUT2D eigenvalue weighted by atomic mass is 10.0. The second-order valence-corrected chi connectivity index (χ2v) is 11.8. The molecule has 1 heterocycles. The minimum Gasteiger partial charge on any atom is -0.310 e. The first-order valence-corrected chi connectivity index (χ1v) is 15.8. The first kappa shape index (κ1) is 26.3. The number of hydrogen-bond donors (Lipinski definition) is 0. The van der Waals surface area contributed by atoms with E-state index in [1.807, 2.05) is 0 Å². The highest BCUT2D eigenvalue weighted by molar-refractivity contribution is 6.19. The zero-order valence-electron chi connectivity index (χ0n) is 25.2. The van der Waals surface area contributed by atoms with Crippen LogP contribution < -0.4 is 4.90 Å². The number of nitrogens with zero attached hydrogens (tertiary/aromatic N) is 2. The molecule has 0 saturated heterocycles. The summed E-state index contributed by atoms with van der Waals surface area (Å²) in [4.78, 5) is 2.40.